The van der Waals surface area contributed by atoms with E-state index >= 15 is 0 Å². The summed E-state index contributed by atoms with van der Waals surface area (Å²) in [5.41, 5.74) is 6.20. The Hall–Kier alpha value is -0.980. The minimum absolute atomic E-state index is 0.867. The van der Waals surface area contributed by atoms with Crippen LogP contribution in [0.1, 0.15) is 42.3 Å². The second-order valence-corrected chi connectivity index (χ2v) is 4.76. The molecule has 1 heterocycles. The molecular formula is C13H17N. The Labute approximate surface area is 85.2 Å². The van der Waals surface area contributed by atoms with Gasteiger partial charge >= 0.3 is 0 Å². The Morgan fingerprint density at radius 3 is 3.14 bits per heavy atom. The molecule has 14 heavy (non-hydrogen) atoms. The van der Waals surface area contributed by atoms with Gasteiger partial charge in [0.25, 0.3) is 0 Å². The van der Waals surface area contributed by atoms with Gasteiger partial charge in [-0.3, -0.25) is 0 Å². The van der Waals surface area contributed by atoms with E-state index in [9.17, 15) is 0 Å². The first kappa shape index (κ1) is 8.34. The number of H-pyrrole nitrogens is 1. The molecule has 0 bridgehead atoms. The van der Waals surface area contributed by atoms with E-state index in [1.165, 1.54) is 43.5 Å². The van der Waals surface area contributed by atoms with E-state index in [1.54, 1.807) is 11.1 Å². The predicted octanol–water partition coefficient (Wildman–Crippen LogP) is 3.10. The molecule has 3 rings (SSSR count). The van der Waals surface area contributed by atoms with Gasteiger partial charge in [-0.25, -0.2) is 0 Å². The van der Waals surface area contributed by atoms with Crippen molar-refractivity contribution in [1.82, 2.24) is 4.98 Å². The fourth-order valence-electron chi connectivity index (χ4n) is 2.83. The van der Waals surface area contributed by atoms with Gasteiger partial charge in [-0.2, -0.15) is 0 Å². The van der Waals surface area contributed by atoms with Crippen molar-refractivity contribution in [3.05, 3.63) is 28.6 Å². The maximum absolute atomic E-state index is 3.60. The third kappa shape index (κ3) is 1.15. The minimum Gasteiger partial charge on any atom is -0.358 e. The van der Waals surface area contributed by atoms with Crippen LogP contribution in [0.5, 0.6) is 0 Å². The van der Waals surface area contributed by atoms with Gasteiger partial charge in [-0.05, 0) is 55.2 Å². The fourth-order valence-corrected chi connectivity index (χ4v) is 2.83. The van der Waals surface area contributed by atoms with Crippen molar-refractivity contribution in [2.45, 2.75) is 39.0 Å². The molecule has 74 valence electrons. The molecule has 1 N–H and O–H groups in total. The Morgan fingerprint density at radius 2 is 2.21 bits per heavy atom. The molecule has 0 saturated carbocycles. The monoisotopic (exact) mass is 187 g/mol. The van der Waals surface area contributed by atoms with Crippen LogP contribution in [-0.2, 0) is 19.3 Å². The average molecular weight is 187 g/mol. The van der Waals surface area contributed by atoms with Crippen molar-refractivity contribution in [1.29, 1.82) is 0 Å². The highest BCUT2D eigenvalue weighted by atomic mass is 14.7. The van der Waals surface area contributed by atoms with Crippen LogP contribution < -0.4 is 0 Å². The summed E-state index contributed by atoms with van der Waals surface area (Å²) in [4.78, 5) is 3.60. The van der Waals surface area contributed by atoms with E-state index in [-0.39, 0.29) is 0 Å². The number of hydrogen-bond acceptors (Lipinski definition) is 0. The van der Waals surface area contributed by atoms with E-state index in [2.05, 4.69) is 24.1 Å². The van der Waals surface area contributed by atoms with Crippen molar-refractivity contribution in [3.63, 3.8) is 0 Å². The van der Waals surface area contributed by atoms with E-state index < -0.39 is 0 Å². The van der Waals surface area contributed by atoms with E-state index in [0.29, 0.717) is 0 Å². The first-order valence-corrected chi connectivity index (χ1v) is 5.73. The number of hydrogen-bond donors (Lipinski definition) is 1. The van der Waals surface area contributed by atoms with Crippen molar-refractivity contribution < 1.29 is 0 Å². The summed E-state index contributed by atoms with van der Waals surface area (Å²) in [5, 5.41) is 0. The molecule has 1 atom stereocenters. The second-order valence-electron chi connectivity index (χ2n) is 4.76. The molecule has 1 heteroatoms. The van der Waals surface area contributed by atoms with Crippen LogP contribution in [0, 0.1) is 5.92 Å². The van der Waals surface area contributed by atoms with Crippen LogP contribution in [0.15, 0.2) is 6.08 Å². The van der Waals surface area contributed by atoms with Gasteiger partial charge in [-0.15, -0.1) is 0 Å². The summed E-state index contributed by atoms with van der Waals surface area (Å²) in [6.07, 6.45) is 11.0. The first-order valence-electron chi connectivity index (χ1n) is 5.73. The predicted molar refractivity (Wildman–Crippen MR) is 59.3 cm³/mol. The summed E-state index contributed by atoms with van der Waals surface area (Å²) in [6.45, 7) is 2.36. The smallest absolute Gasteiger partial charge is 0.0414 e. The third-order valence-electron chi connectivity index (χ3n) is 3.62. The largest absolute Gasteiger partial charge is 0.358 e. The highest BCUT2D eigenvalue weighted by molar-refractivity contribution is 5.57. The third-order valence-corrected chi connectivity index (χ3v) is 3.62. The maximum Gasteiger partial charge on any atom is 0.0414 e. The normalized spacial score (nSPS) is 24.5. The molecule has 0 aliphatic heterocycles. The van der Waals surface area contributed by atoms with Crippen molar-refractivity contribution in [3.8, 4) is 0 Å². The lowest BCUT2D eigenvalue weighted by molar-refractivity contribution is 0.495. The molecule has 0 saturated heterocycles. The van der Waals surface area contributed by atoms with Gasteiger partial charge in [-0.1, -0.05) is 13.0 Å². The van der Waals surface area contributed by atoms with E-state index in [4.69, 9.17) is 0 Å². The number of aromatic amines is 1. The van der Waals surface area contributed by atoms with E-state index in [0.717, 1.165) is 5.92 Å². The average Bonchev–Trinajstić information content (AvgIpc) is 2.54. The summed E-state index contributed by atoms with van der Waals surface area (Å²) in [7, 11) is 0. The van der Waals surface area contributed by atoms with Gasteiger partial charge in [0.1, 0.15) is 0 Å². The minimum atomic E-state index is 0.867. The lowest BCUT2D eigenvalue weighted by Gasteiger charge is -2.19. The molecule has 1 unspecified atom stereocenters. The number of nitrogens with one attached hydrogen (secondary N) is 1. The second kappa shape index (κ2) is 3.01. The zero-order chi connectivity index (χ0) is 9.54. The molecule has 0 aromatic carbocycles. The van der Waals surface area contributed by atoms with Crippen LogP contribution in [0.25, 0.3) is 6.08 Å². The Bertz CT molecular complexity index is 384. The highest BCUT2D eigenvalue weighted by Crippen LogP contribution is 2.32. The van der Waals surface area contributed by atoms with Crippen LogP contribution in [0.3, 0.4) is 0 Å². The molecule has 0 spiro atoms. The lowest BCUT2D eigenvalue weighted by Crippen LogP contribution is -2.11. The van der Waals surface area contributed by atoms with Crippen molar-refractivity contribution in [2.75, 3.05) is 0 Å². The molecule has 2 aliphatic rings. The summed E-state index contributed by atoms with van der Waals surface area (Å²) in [5.74, 6) is 0.867. The summed E-state index contributed by atoms with van der Waals surface area (Å²) in [6, 6.07) is 0. The fraction of sp³-hybridized carbons (Fsp3) is 0.538. The van der Waals surface area contributed by atoms with Crippen LogP contribution in [0.4, 0.5) is 0 Å². The Morgan fingerprint density at radius 1 is 1.29 bits per heavy atom. The molecule has 1 nitrogen and oxygen atoms in total. The van der Waals surface area contributed by atoms with Gasteiger partial charge in [0.15, 0.2) is 0 Å². The molecular weight excluding hydrogens is 170 g/mol. The summed E-state index contributed by atoms with van der Waals surface area (Å²) < 4.78 is 0. The quantitative estimate of drug-likeness (QED) is 0.642. The van der Waals surface area contributed by atoms with Crippen LogP contribution in [0.2, 0.25) is 0 Å². The van der Waals surface area contributed by atoms with Crippen molar-refractivity contribution >= 4 is 6.08 Å². The van der Waals surface area contributed by atoms with E-state index in [1.807, 2.05) is 0 Å². The zero-order valence-electron chi connectivity index (χ0n) is 8.77. The standard InChI is InChI=1S/C13H17N/c1-9-6-7-11-10-4-2-3-5-12(10)14-13(11)8-9/h3,5,9,14H,2,4,6-8H2,1H3. The van der Waals surface area contributed by atoms with Crippen LogP contribution >= 0.6 is 0 Å². The molecule has 2 aliphatic carbocycles. The topological polar surface area (TPSA) is 15.8 Å². The van der Waals surface area contributed by atoms with Gasteiger partial charge in [0, 0.05) is 11.4 Å². The number of rotatable bonds is 0. The van der Waals surface area contributed by atoms with Gasteiger partial charge in [0.2, 0.25) is 0 Å². The number of fused-ring (bicyclic) bond motifs is 3. The molecule has 0 radical (unpaired) electrons. The zero-order valence-corrected chi connectivity index (χ0v) is 8.77. The summed E-state index contributed by atoms with van der Waals surface area (Å²) >= 11 is 0. The SMILES string of the molecule is CC1CCc2c([nH]c3c2CCC=C3)C1. The maximum atomic E-state index is 3.60. The molecule has 1 aromatic heterocycles. The lowest BCUT2D eigenvalue weighted by atomic mass is 9.86. The highest BCUT2D eigenvalue weighted by Gasteiger charge is 2.22. The first-order chi connectivity index (χ1) is 6.84. The van der Waals surface area contributed by atoms with Crippen molar-refractivity contribution in [2.24, 2.45) is 5.92 Å². The van der Waals surface area contributed by atoms with Crippen LogP contribution in [-0.4, -0.2) is 4.98 Å². The Kier molecular flexibility index (Phi) is 1.79. The Balaban J connectivity index is 2.09. The molecule has 0 fully saturated rings. The van der Waals surface area contributed by atoms with Gasteiger partial charge < -0.3 is 4.98 Å². The number of aromatic nitrogens is 1. The number of allylic oxidation sites excluding steroid dienone is 1. The van der Waals surface area contributed by atoms with Gasteiger partial charge in [0.05, 0.1) is 0 Å². The molecule has 1 aromatic rings. The molecule has 0 amide bonds.